The van der Waals surface area contributed by atoms with Gasteiger partial charge in [0.25, 0.3) is 0 Å². The molecule has 0 bridgehead atoms. The zero-order valence-corrected chi connectivity index (χ0v) is 6.43. The molecule has 0 aromatic rings. The molecular formula is CeO2Rh. The van der Waals surface area contributed by atoms with Crippen LogP contribution in [0.25, 0.3) is 0 Å². The van der Waals surface area contributed by atoms with Crippen LogP contribution in [0, 0.1) is 37.8 Å². The van der Waals surface area contributed by atoms with Gasteiger partial charge < -0.3 is 0 Å². The van der Waals surface area contributed by atoms with Gasteiger partial charge in [-0.15, -0.1) is 0 Å². The van der Waals surface area contributed by atoms with Crippen LogP contribution in [0.3, 0.4) is 0 Å². The summed E-state index contributed by atoms with van der Waals surface area (Å²) in [6.45, 7) is 0. The van der Waals surface area contributed by atoms with E-state index in [1.165, 1.54) is 0 Å². The number of hydrogen-bond donors (Lipinski definition) is 0. The van der Waals surface area contributed by atoms with Crippen molar-refractivity contribution in [2.24, 2.45) is 0 Å². The monoisotopic (exact) mass is 275 g/mol. The molecule has 0 N–H and O–H groups in total. The average Bonchev–Trinajstić information content (AvgIpc) is 0.918. The Bertz CT molecular complexity index is 27.0. The largest absolute Gasteiger partial charge is 0 e. The molecule has 0 aromatic heterocycles. The van der Waals surface area contributed by atoms with E-state index in [0.29, 0.717) is 0 Å². The predicted molar refractivity (Wildman–Crippen MR) is 1.37 cm³/mol. The fourth-order valence-corrected chi connectivity index (χ4v) is 0. The smallest absolute Gasteiger partial charge is 0 e. The summed E-state index contributed by atoms with van der Waals surface area (Å²) in [6.07, 6.45) is 0. The minimum absolute atomic E-state index is 0. The second kappa shape index (κ2) is 8.82. The molecule has 0 aliphatic heterocycles. The Kier molecular flexibility index (Phi) is 20.2. The molecule has 2 nitrogen and oxygen atoms in total. The molecule has 0 atom stereocenters. The Morgan fingerprint density at radius 3 is 1.25 bits per heavy atom. The Morgan fingerprint density at radius 1 is 1.25 bits per heavy atom. The molecule has 0 amide bonds. The van der Waals surface area contributed by atoms with Crippen LogP contribution in [0.15, 0.2) is 0 Å². The van der Waals surface area contributed by atoms with Gasteiger partial charge in [-0.3, -0.25) is 0 Å². The fraction of sp³-hybridized carbons (Fsp3) is 0. The van der Waals surface area contributed by atoms with E-state index in [-0.39, 0.29) is 19.5 Å². The van der Waals surface area contributed by atoms with Crippen LogP contribution in [0.4, 0.5) is 0 Å². The van der Waals surface area contributed by atoms with Gasteiger partial charge in [-0.2, -0.15) is 0 Å². The van der Waals surface area contributed by atoms with Crippen molar-refractivity contribution in [3.05, 3.63) is 0 Å². The Balaban J connectivity index is 0. The van der Waals surface area contributed by atoms with E-state index < -0.39 is 37.8 Å². The van der Waals surface area contributed by atoms with Crippen LogP contribution in [0.5, 0.6) is 0 Å². The third-order valence-electron chi connectivity index (χ3n) is 0. The molecule has 0 fully saturated rings. The molecule has 0 aromatic carbocycles. The minimum Gasteiger partial charge on any atom is 0 e. The van der Waals surface area contributed by atoms with Crippen LogP contribution in [0.2, 0.25) is 0 Å². The molecule has 4 heavy (non-hydrogen) atoms. The van der Waals surface area contributed by atoms with E-state index >= 15 is 0 Å². The van der Waals surface area contributed by atoms with Gasteiger partial charge in [-0.25, -0.2) is 0 Å². The van der Waals surface area contributed by atoms with Gasteiger partial charge in [-0.05, 0) is 0 Å². The van der Waals surface area contributed by atoms with Crippen molar-refractivity contribution < 1.29 is 59.2 Å². The number of rotatable bonds is 0. The number of hydrogen-bond acceptors (Lipinski definition) is 2. The van der Waals surface area contributed by atoms with E-state index in [1.54, 1.807) is 0 Å². The zero-order valence-electron chi connectivity index (χ0n) is 1.65. The molecule has 0 aliphatic rings. The predicted octanol–water partition coefficient (Wildman–Crippen LogP) is -0.240. The summed E-state index contributed by atoms with van der Waals surface area (Å²) in [5, 5.41) is 0. The van der Waals surface area contributed by atoms with Gasteiger partial charge in [0.15, 0.2) is 0 Å². The molecular weight excluding hydrogens is 275 g/mol. The van der Waals surface area contributed by atoms with Crippen molar-refractivity contribution in [2.45, 2.75) is 0 Å². The standard InChI is InChI=1S/Ce.2O.Rh. The third-order valence-corrected chi connectivity index (χ3v) is 0. The summed E-state index contributed by atoms with van der Waals surface area (Å²) in [6, 6.07) is 0. The van der Waals surface area contributed by atoms with E-state index in [1.807, 2.05) is 0 Å². The summed E-state index contributed by atoms with van der Waals surface area (Å²) in [5.74, 6) is 0. The second-order valence-electron chi connectivity index (χ2n) is 0.0833. The van der Waals surface area contributed by atoms with Crippen LogP contribution in [-0.4, -0.2) is 0 Å². The van der Waals surface area contributed by atoms with Crippen molar-refractivity contribution in [3.63, 3.8) is 0 Å². The van der Waals surface area contributed by atoms with E-state index in [0.717, 1.165) is 0 Å². The summed E-state index contributed by atoms with van der Waals surface area (Å²) in [5.41, 5.74) is 0. The second-order valence-corrected chi connectivity index (χ2v) is 0.607. The molecule has 0 spiro atoms. The molecule has 25 valence electrons. The molecule has 0 saturated carbocycles. The third kappa shape index (κ3) is 9.51. The fourth-order valence-electron chi connectivity index (χ4n) is 0. The molecule has 0 rings (SSSR count). The van der Waals surface area contributed by atoms with Gasteiger partial charge >= 0.3 is 39.7 Å². The first-order chi connectivity index (χ1) is 1.41. The summed E-state index contributed by atoms with van der Waals surface area (Å²) in [4.78, 5) is 0. The maximum Gasteiger partial charge on any atom is 0 e. The van der Waals surface area contributed by atoms with Gasteiger partial charge in [0.2, 0.25) is 0 Å². The van der Waals surface area contributed by atoms with Gasteiger partial charge in [0, 0.05) is 19.5 Å². The molecule has 0 unspecified atom stereocenters. The Labute approximate surface area is 58.1 Å². The summed E-state index contributed by atoms with van der Waals surface area (Å²) < 4.78 is 17.1. The molecule has 1 radical (unpaired) electrons. The first-order valence-corrected chi connectivity index (χ1v) is 2.97. The summed E-state index contributed by atoms with van der Waals surface area (Å²) >= 11 is -2.42. The van der Waals surface area contributed by atoms with Crippen LogP contribution < -0.4 is 0 Å². The van der Waals surface area contributed by atoms with Crippen LogP contribution in [-0.2, 0) is 21.4 Å². The first-order valence-electron chi connectivity index (χ1n) is 0.408. The van der Waals surface area contributed by atoms with Gasteiger partial charge in [-0.1, -0.05) is 0 Å². The quantitative estimate of drug-likeness (QED) is 0.572. The van der Waals surface area contributed by atoms with E-state index in [2.05, 4.69) is 0 Å². The van der Waals surface area contributed by atoms with Crippen molar-refractivity contribution in [2.75, 3.05) is 0 Å². The van der Waals surface area contributed by atoms with Crippen molar-refractivity contribution in [1.82, 2.24) is 0 Å². The van der Waals surface area contributed by atoms with E-state index in [4.69, 9.17) is 1.88 Å². The first kappa shape index (κ1) is 9.14. The maximum atomic E-state index is 8.57. The molecule has 0 heterocycles. The van der Waals surface area contributed by atoms with E-state index in [9.17, 15) is 0 Å². The van der Waals surface area contributed by atoms with Crippen LogP contribution >= 0.6 is 0 Å². The zero-order chi connectivity index (χ0) is 2.71. The van der Waals surface area contributed by atoms with Crippen molar-refractivity contribution in [3.8, 4) is 0 Å². The minimum atomic E-state index is -2.42. The van der Waals surface area contributed by atoms with Gasteiger partial charge in [0.05, 0.1) is 0 Å². The SMILES string of the molecule is [O]=[Ce]=[O].[Rh]. The molecule has 0 aliphatic carbocycles. The Morgan fingerprint density at radius 2 is 1.25 bits per heavy atom. The van der Waals surface area contributed by atoms with Crippen molar-refractivity contribution in [1.29, 1.82) is 0 Å². The summed E-state index contributed by atoms with van der Waals surface area (Å²) in [7, 11) is 0. The van der Waals surface area contributed by atoms with Crippen molar-refractivity contribution >= 4 is 0 Å². The van der Waals surface area contributed by atoms with Gasteiger partial charge in [0.1, 0.15) is 0 Å². The topological polar surface area (TPSA) is 34.1 Å². The normalized spacial score (nSPS) is 2.00. The molecule has 0 saturated heterocycles. The maximum absolute atomic E-state index is 8.57. The van der Waals surface area contributed by atoms with Crippen LogP contribution in [0.1, 0.15) is 0 Å². The molecule has 4 heteroatoms. The Hall–Kier alpha value is 1.60. The average molecular weight is 275 g/mol.